The Kier molecular flexibility index (Phi) is 6.75. The van der Waals surface area contributed by atoms with Gasteiger partial charge in [0.1, 0.15) is 15.8 Å². The maximum Gasteiger partial charge on any atom is 0.267 e. The summed E-state index contributed by atoms with van der Waals surface area (Å²) in [5, 5.41) is 3.29. The van der Waals surface area contributed by atoms with Gasteiger partial charge in [-0.1, -0.05) is 30.0 Å². The molecule has 0 aliphatic carbocycles. The molecule has 0 aromatic carbocycles. The number of thioether (sulfide) groups is 1. The standard InChI is InChI=1S/C23H24N6O3S2/c30-21-17(13-18-22(31)29(23(33)34-18)14-16-5-3-12-32-16)20(26-19-6-1-2-10-28(19)21)25-7-4-9-27-11-8-24-15-27/h1-2,6,8,10-11,13,15-16,25H,3-5,7,9,12,14H2/b18-13+/t16-/m0/s1. The Morgan fingerprint density at radius 3 is 3.00 bits per heavy atom. The van der Waals surface area contributed by atoms with Gasteiger partial charge in [-0.3, -0.25) is 18.9 Å². The quantitative estimate of drug-likeness (QED) is 0.289. The van der Waals surface area contributed by atoms with Crippen molar-refractivity contribution >= 4 is 51.7 Å². The van der Waals surface area contributed by atoms with Crippen molar-refractivity contribution in [2.24, 2.45) is 0 Å². The predicted octanol–water partition coefficient (Wildman–Crippen LogP) is 2.77. The molecule has 0 saturated carbocycles. The minimum atomic E-state index is -0.243. The van der Waals surface area contributed by atoms with Crippen LogP contribution in [0.5, 0.6) is 0 Å². The van der Waals surface area contributed by atoms with E-state index in [1.807, 2.05) is 16.8 Å². The van der Waals surface area contributed by atoms with Gasteiger partial charge in [-0.05, 0) is 37.5 Å². The summed E-state index contributed by atoms with van der Waals surface area (Å²) in [5.74, 6) is 0.250. The van der Waals surface area contributed by atoms with Crippen LogP contribution in [-0.4, -0.2) is 59.9 Å². The number of anilines is 1. The zero-order valence-electron chi connectivity index (χ0n) is 18.4. The Morgan fingerprint density at radius 1 is 1.29 bits per heavy atom. The molecule has 0 unspecified atom stereocenters. The lowest BCUT2D eigenvalue weighted by Gasteiger charge is -2.18. The predicted molar refractivity (Wildman–Crippen MR) is 136 cm³/mol. The minimum absolute atomic E-state index is 0.00235. The smallest absolute Gasteiger partial charge is 0.267 e. The first-order valence-corrected chi connectivity index (χ1v) is 12.4. The van der Waals surface area contributed by atoms with Crippen LogP contribution in [0.4, 0.5) is 5.82 Å². The number of carbonyl (C=O) groups excluding carboxylic acids is 1. The molecule has 9 nitrogen and oxygen atoms in total. The molecule has 5 heterocycles. The van der Waals surface area contributed by atoms with Crippen LogP contribution in [0.15, 0.2) is 52.8 Å². The summed E-state index contributed by atoms with van der Waals surface area (Å²) in [6, 6.07) is 5.39. The zero-order chi connectivity index (χ0) is 23.5. The fourth-order valence-electron chi connectivity index (χ4n) is 4.04. The van der Waals surface area contributed by atoms with Crippen molar-refractivity contribution in [1.29, 1.82) is 0 Å². The fraction of sp³-hybridized carbons (Fsp3) is 0.348. The van der Waals surface area contributed by atoms with Crippen molar-refractivity contribution in [2.45, 2.75) is 31.9 Å². The SMILES string of the molecule is O=C1/C(=C\c2c(NCCCn3ccnc3)nc3ccccn3c2=O)SC(=S)N1C[C@@H]1CCCO1. The summed E-state index contributed by atoms with van der Waals surface area (Å²) in [4.78, 5) is 37.2. The van der Waals surface area contributed by atoms with Crippen molar-refractivity contribution in [2.75, 3.05) is 25.0 Å². The lowest BCUT2D eigenvalue weighted by Crippen LogP contribution is -2.35. The normalized spacial score (nSPS) is 19.6. The van der Waals surface area contributed by atoms with Crippen molar-refractivity contribution in [3.05, 3.63) is 63.9 Å². The molecule has 5 rings (SSSR count). The van der Waals surface area contributed by atoms with E-state index in [9.17, 15) is 9.59 Å². The van der Waals surface area contributed by atoms with E-state index in [1.54, 1.807) is 41.8 Å². The zero-order valence-corrected chi connectivity index (χ0v) is 20.1. The van der Waals surface area contributed by atoms with Crippen molar-refractivity contribution < 1.29 is 9.53 Å². The third-order valence-electron chi connectivity index (χ3n) is 5.77. The number of nitrogens with zero attached hydrogens (tertiary/aromatic N) is 5. The minimum Gasteiger partial charge on any atom is -0.376 e. The van der Waals surface area contributed by atoms with E-state index < -0.39 is 0 Å². The summed E-state index contributed by atoms with van der Waals surface area (Å²) in [7, 11) is 0. The van der Waals surface area contributed by atoms with Crippen molar-refractivity contribution in [3.8, 4) is 0 Å². The molecule has 0 radical (unpaired) electrons. The number of imidazole rings is 1. The number of ether oxygens (including phenoxy) is 1. The molecule has 3 aromatic rings. The number of pyridine rings is 1. The molecule has 2 saturated heterocycles. The highest BCUT2D eigenvalue weighted by Crippen LogP contribution is 2.34. The van der Waals surface area contributed by atoms with E-state index in [4.69, 9.17) is 17.0 Å². The summed E-state index contributed by atoms with van der Waals surface area (Å²) in [5.41, 5.74) is 0.628. The number of hydrogen-bond donors (Lipinski definition) is 1. The van der Waals surface area contributed by atoms with Crippen molar-refractivity contribution in [3.63, 3.8) is 0 Å². The molecule has 0 spiro atoms. The molecule has 1 atom stereocenters. The Morgan fingerprint density at radius 2 is 2.21 bits per heavy atom. The first-order valence-electron chi connectivity index (χ1n) is 11.2. The van der Waals surface area contributed by atoms with Gasteiger partial charge < -0.3 is 14.6 Å². The summed E-state index contributed by atoms with van der Waals surface area (Å²) < 4.78 is 9.63. The number of hydrogen-bond acceptors (Lipinski definition) is 8. The second-order valence-electron chi connectivity index (χ2n) is 8.12. The Balaban J connectivity index is 1.41. The second-order valence-corrected chi connectivity index (χ2v) is 9.79. The number of thiocarbonyl (C=S) groups is 1. The lowest BCUT2D eigenvalue weighted by atomic mass is 10.2. The molecular formula is C23H24N6O3S2. The van der Waals surface area contributed by atoms with Crippen LogP contribution in [0.1, 0.15) is 24.8 Å². The molecule has 176 valence electrons. The van der Waals surface area contributed by atoms with Crippen LogP contribution < -0.4 is 10.9 Å². The molecule has 11 heteroatoms. The summed E-state index contributed by atoms with van der Waals surface area (Å²) in [6.07, 6.45) is 11.4. The lowest BCUT2D eigenvalue weighted by molar-refractivity contribution is -0.123. The highest BCUT2D eigenvalue weighted by atomic mass is 32.2. The number of carbonyl (C=O) groups is 1. The van der Waals surface area contributed by atoms with Crippen LogP contribution in [0.25, 0.3) is 11.7 Å². The van der Waals surface area contributed by atoms with E-state index in [0.29, 0.717) is 46.0 Å². The van der Waals surface area contributed by atoms with Gasteiger partial charge in [0, 0.05) is 38.3 Å². The average Bonchev–Trinajstić information content (AvgIpc) is 3.59. The van der Waals surface area contributed by atoms with Crippen molar-refractivity contribution in [1.82, 2.24) is 23.8 Å². The van der Waals surface area contributed by atoms with Gasteiger partial charge >= 0.3 is 0 Å². The van der Waals surface area contributed by atoms with Crippen LogP contribution >= 0.6 is 24.0 Å². The van der Waals surface area contributed by atoms with Gasteiger partial charge in [0.2, 0.25) is 0 Å². The molecule has 2 fully saturated rings. The van der Waals surface area contributed by atoms with Gasteiger partial charge in [-0.2, -0.15) is 0 Å². The number of aromatic nitrogens is 4. The maximum absolute atomic E-state index is 13.3. The molecule has 2 aliphatic rings. The Hall–Kier alpha value is -3.02. The van der Waals surface area contributed by atoms with Crippen LogP contribution in [-0.2, 0) is 16.1 Å². The van der Waals surface area contributed by atoms with Gasteiger partial charge in [0.25, 0.3) is 11.5 Å². The van der Waals surface area contributed by atoms with E-state index in [2.05, 4.69) is 15.3 Å². The largest absolute Gasteiger partial charge is 0.376 e. The highest BCUT2D eigenvalue weighted by molar-refractivity contribution is 8.26. The third-order valence-corrected chi connectivity index (χ3v) is 7.15. The highest BCUT2D eigenvalue weighted by Gasteiger charge is 2.35. The topological polar surface area (TPSA) is 93.8 Å². The number of fused-ring (bicyclic) bond motifs is 1. The average molecular weight is 497 g/mol. The summed E-state index contributed by atoms with van der Waals surface area (Å²) in [6.45, 7) is 2.55. The Labute approximate surface area is 205 Å². The number of amides is 1. The molecule has 34 heavy (non-hydrogen) atoms. The van der Waals surface area contributed by atoms with E-state index in [-0.39, 0.29) is 17.6 Å². The third kappa shape index (κ3) is 4.77. The molecule has 1 N–H and O–H groups in total. The second kappa shape index (κ2) is 10.1. The maximum atomic E-state index is 13.3. The first-order chi connectivity index (χ1) is 16.6. The van der Waals surface area contributed by atoms with Crippen LogP contribution in [0.3, 0.4) is 0 Å². The number of nitrogens with one attached hydrogen (secondary N) is 1. The van der Waals surface area contributed by atoms with Gasteiger partial charge in [-0.25, -0.2) is 9.97 Å². The Bertz CT molecular complexity index is 1300. The van der Waals surface area contributed by atoms with E-state index in [1.165, 1.54) is 16.2 Å². The summed E-state index contributed by atoms with van der Waals surface area (Å²) >= 11 is 6.67. The van der Waals surface area contributed by atoms with Crippen LogP contribution in [0, 0.1) is 0 Å². The molecule has 2 aliphatic heterocycles. The van der Waals surface area contributed by atoms with Gasteiger partial charge in [0.15, 0.2) is 0 Å². The number of aryl methyl sites for hydroxylation is 1. The fourth-order valence-corrected chi connectivity index (χ4v) is 5.29. The van der Waals surface area contributed by atoms with Gasteiger partial charge in [-0.15, -0.1) is 0 Å². The van der Waals surface area contributed by atoms with Crippen LogP contribution in [0.2, 0.25) is 0 Å². The molecule has 0 bridgehead atoms. The van der Waals surface area contributed by atoms with Gasteiger partial charge in [0.05, 0.1) is 29.4 Å². The van der Waals surface area contributed by atoms with E-state index in [0.717, 1.165) is 25.8 Å². The van der Waals surface area contributed by atoms with E-state index >= 15 is 0 Å². The first kappa shape index (κ1) is 22.8. The molecule has 3 aromatic heterocycles. The monoisotopic (exact) mass is 496 g/mol. The molecule has 1 amide bonds. The molecular weight excluding hydrogens is 472 g/mol. The number of rotatable bonds is 8.